The van der Waals surface area contributed by atoms with Crippen LogP contribution in [0.2, 0.25) is 0 Å². The fourth-order valence-corrected chi connectivity index (χ4v) is 4.96. The summed E-state index contributed by atoms with van der Waals surface area (Å²) in [5.41, 5.74) is 4.57. The number of nitrogens with zero attached hydrogens (tertiary/aromatic N) is 2. The van der Waals surface area contributed by atoms with E-state index in [4.69, 9.17) is 0 Å². The number of aromatic amines is 1. The lowest BCUT2D eigenvalue weighted by Gasteiger charge is -2.07. The second-order valence-corrected chi connectivity index (χ2v) is 9.94. The molecule has 2 heterocycles. The van der Waals surface area contributed by atoms with Gasteiger partial charge in [-0.15, -0.1) is 5.10 Å². The topological polar surface area (TPSA) is 98.7 Å². The van der Waals surface area contributed by atoms with E-state index in [1.54, 1.807) is 18.3 Å². The smallest absolute Gasteiger partial charge is 0.240 e. The van der Waals surface area contributed by atoms with Gasteiger partial charge in [0.15, 0.2) is 5.17 Å². The highest BCUT2D eigenvalue weighted by Crippen LogP contribution is 2.29. The first-order valence-corrected chi connectivity index (χ1v) is 12.5. The number of hydrogen-bond donors (Lipinski definition) is 3. The van der Waals surface area contributed by atoms with Crippen molar-refractivity contribution >= 4 is 67.5 Å². The van der Waals surface area contributed by atoms with Gasteiger partial charge in [-0.3, -0.25) is 9.59 Å². The predicted octanol–water partition coefficient (Wildman–Crippen LogP) is 5.55. The second-order valence-electron chi connectivity index (χ2n) is 7.83. The van der Waals surface area contributed by atoms with Crippen LogP contribution in [0.25, 0.3) is 22.2 Å². The molecular weight excluding hydrogens is 526 g/mol. The molecule has 4 aromatic rings. The molecule has 1 fully saturated rings. The molecule has 1 aliphatic heterocycles. The minimum Gasteiger partial charge on any atom is -0.354 e. The number of benzene rings is 3. The zero-order valence-corrected chi connectivity index (χ0v) is 20.8. The zero-order valence-electron chi connectivity index (χ0n) is 18.4. The molecule has 3 aromatic carbocycles. The molecule has 35 heavy (non-hydrogen) atoms. The molecular formula is C26H20BrN5O2S. The quantitative estimate of drug-likeness (QED) is 0.219. The average molecular weight is 546 g/mol. The van der Waals surface area contributed by atoms with Crippen LogP contribution in [0.15, 0.2) is 93.5 Å². The molecule has 0 unspecified atom stereocenters. The van der Waals surface area contributed by atoms with E-state index in [-0.39, 0.29) is 18.2 Å². The standard InChI is InChI=1S/C26H20BrN5O2S/c27-17-10-12-18(13-11-17)29-23(33)14-22-25(34)31-26(35-22)32-28-15-20-19-8-4-5-9-21(19)30-24(20)16-6-2-1-3-7-16/h1-13,15,22,30H,14H2,(H,29,33)(H,31,32,34)/b28-15-/t22-/m1/s1. The molecule has 3 N–H and O–H groups in total. The Hall–Kier alpha value is -3.69. The number of aromatic nitrogens is 1. The van der Waals surface area contributed by atoms with Gasteiger partial charge in [0, 0.05) is 33.0 Å². The van der Waals surface area contributed by atoms with Crippen LogP contribution in [-0.2, 0) is 9.59 Å². The molecule has 0 aliphatic carbocycles. The minimum atomic E-state index is -0.563. The van der Waals surface area contributed by atoms with Crippen LogP contribution in [0.4, 0.5) is 5.69 Å². The van der Waals surface area contributed by atoms with Crippen molar-refractivity contribution in [3.05, 3.63) is 88.9 Å². The molecule has 7 nitrogen and oxygen atoms in total. The van der Waals surface area contributed by atoms with Crippen LogP contribution in [-0.4, -0.2) is 33.4 Å². The molecule has 1 saturated heterocycles. The van der Waals surface area contributed by atoms with Crippen molar-refractivity contribution in [3.8, 4) is 11.3 Å². The van der Waals surface area contributed by atoms with Gasteiger partial charge >= 0.3 is 0 Å². The Labute approximate surface area is 214 Å². The number of amidine groups is 1. The summed E-state index contributed by atoms with van der Waals surface area (Å²) in [6.45, 7) is 0. The van der Waals surface area contributed by atoms with Crippen molar-refractivity contribution in [2.45, 2.75) is 11.7 Å². The van der Waals surface area contributed by atoms with Crippen molar-refractivity contribution in [2.75, 3.05) is 5.32 Å². The number of carbonyl (C=O) groups is 2. The predicted molar refractivity (Wildman–Crippen MR) is 146 cm³/mol. The number of halogens is 1. The normalized spacial score (nSPS) is 16.8. The summed E-state index contributed by atoms with van der Waals surface area (Å²) in [4.78, 5) is 28.2. The SMILES string of the molecule is O=C(C[C@H]1S/C(=N\N=C/c2c(-c3ccccc3)[nH]c3ccccc23)NC1=O)Nc1ccc(Br)cc1. The number of H-pyrrole nitrogens is 1. The highest BCUT2D eigenvalue weighted by atomic mass is 79.9. The van der Waals surface area contributed by atoms with Gasteiger partial charge in [-0.25, -0.2) is 0 Å². The van der Waals surface area contributed by atoms with Gasteiger partial charge in [0.2, 0.25) is 11.8 Å². The first kappa shape index (κ1) is 23.1. The molecule has 0 radical (unpaired) electrons. The summed E-state index contributed by atoms with van der Waals surface area (Å²) in [6, 6.07) is 25.3. The summed E-state index contributed by atoms with van der Waals surface area (Å²) in [5, 5.41) is 14.8. The monoisotopic (exact) mass is 545 g/mol. The molecule has 1 aromatic heterocycles. The van der Waals surface area contributed by atoms with Gasteiger partial charge in [-0.1, -0.05) is 76.2 Å². The molecule has 174 valence electrons. The molecule has 9 heteroatoms. The van der Waals surface area contributed by atoms with E-state index >= 15 is 0 Å². The van der Waals surface area contributed by atoms with Crippen molar-refractivity contribution in [1.82, 2.24) is 10.3 Å². The van der Waals surface area contributed by atoms with Gasteiger partial charge in [-0.2, -0.15) is 5.10 Å². The Morgan fingerprint density at radius 1 is 1.03 bits per heavy atom. The number of thioether (sulfide) groups is 1. The lowest BCUT2D eigenvalue weighted by molar-refractivity contribution is -0.122. The fraction of sp³-hybridized carbons (Fsp3) is 0.0769. The molecule has 1 atom stereocenters. The number of amides is 2. The maximum absolute atomic E-state index is 12.4. The van der Waals surface area contributed by atoms with Crippen LogP contribution in [0.1, 0.15) is 12.0 Å². The number of rotatable bonds is 6. The third-order valence-corrected chi connectivity index (χ3v) is 7.02. The number of fused-ring (bicyclic) bond motifs is 1. The maximum Gasteiger partial charge on any atom is 0.240 e. The van der Waals surface area contributed by atoms with Crippen LogP contribution in [0, 0.1) is 0 Å². The second kappa shape index (κ2) is 10.3. The zero-order chi connectivity index (χ0) is 24.2. The summed E-state index contributed by atoms with van der Waals surface area (Å²) in [5.74, 6) is -0.497. The fourth-order valence-electron chi connectivity index (χ4n) is 3.77. The van der Waals surface area contributed by atoms with E-state index in [9.17, 15) is 9.59 Å². The van der Waals surface area contributed by atoms with Crippen molar-refractivity contribution < 1.29 is 9.59 Å². The van der Waals surface area contributed by atoms with Gasteiger partial charge in [0.05, 0.1) is 11.9 Å². The highest BCUT2D eigenvalue weighted by Gasteiger charge is 2.32. The molecule has 0 saturated carbocycles. The van der Waals surface area contributed by atoms with Crippen LogP contribution in [0.3, 0.4) is 0 Å². The van der Waals surface area contributed by atoms with Crippen LogP contribution >= 0.6 is 27.7 Å². The van der Waals surface area contributed by atoms with Crippen molar-refractivity contribution in [3.63, 3.8) is 0 Å². The Kier molecular flexibility index (Phi) is 6.78. The van der Waals surface area contributed by atoms with Crippen LogP contribution in [0.5, 0.6) is 0 Å². The van der Waals surface area contributed by atoms with E-state index in [2.05, 4.69) is 41.8 Å². The summed E-state index contributed by atoms with van der Waals surface area (Å²) in [7, 11) is 0. The van der Waals surface area contributed by atoms with Gasteiger partial charge in [-0.05, 0) is 35.9 Å². The summed E-state index contributed by atoms with van der Waals surface area (Å²) in [6.07, 6.45) is 1.73. The summed E-state index contributed by atoms with van der Waals surface area (Å²) >= 11 is 4.56. The van der Waals surface area contributed by atoms with E-state index in [0.29, 0.717) is 10.9 Å². The largest absolute Gasteiger partial charge is 0.354 e. The Bertz CT molecular complexity index is 1450. The first-order chi connectivity index (χ1) is 17.1. The number of anilines is 1. The molecule has 5 rings (SSSR count). The van der Waals surface area contributed by atoms with E-state index < -0.39 is 5.25 Å². The van der Waals surface area contributed by atoms with E-state index in [1.165, 1.54) is 11.8 Å². The lowest BCUT2D eigenvalue weighted by Crippen LogP contribution is -2.28. The minimum absolute atomic E-state index is 0.0376. The van der Waals surface area contributed by atoms with E-state index in [0.717, 1.165) is 32.2 Å². The van der Waals surface area contributed by atoms with Crippen molar-refractivity contribution in [1.29, 1.82) is 0 Å². The Morgan fingerprint density at radius 2 is 1.77 bits per heavy atom. The third kappa shape index (κ3) is 5.36. The first-order valence-electron chi connectivity index (χ1n) is 10.9. The Morgan fingerprint density at radius 3 is 2.57 bits per heavy atom. The number of hydrogen-bond acceptors (Lipinski definition) is 5. The van der Waals surface area contributed by atoms with E-state index in [1.807, 2.05) is 66.7 Å². The third-order valence-electron chi connectivity index (χ3n) is 5.42. The van der Waals surface area contributed by atoms with Gasteiger partial charge < -0.3 is 15.6 Å². The molecule has 1 aliphatic rings. The van der Waals surface area contributed by atoms with Crippen LogP contribution < -0.4 is 10.6 Å². The Balaban J connectivity index is 1.30. The lowest BCUT2D eigenvalue weighted by atomic mass is 10.1. The highest BCUT2D eigenvalue weighted by molar-refractivity contribution is 9.10. The number of nitrogens with one attached hydrogen (secondary N) is 3. The number of carbonyl (C=O) groups excluding carboxylic acids is 2. The van der Waals surface area contributed by atoms with Crippen molar-refractivity contribution in [2.24, 2.45) is 10.2 Å². The maximum atomic E-state index is 12.4. The van der Waals surface area contributed by atoms with Gasteiger partial charge in [0.25, 0.3) is 0 Å². The molecule has 0 bridgehead atoms. The molecule has 2 amide bonds. The molecule has 0 spiro atoms. The summed E-state index contributed by atoms with van der Waals surface area (Å²) < 4.78 is 0.922. The number of para-hydroxylation sites is 1. The van der Waals surface area contributed by atoms with Gasteiger partial charge in [0.1, 0.15) is 5.25 Å². The average Bonchev–Trinajstić information content (AvgIpc) is 3.41.